The number of aromatic nitrogens is 2. The summed E-state index contributed by atoms with van der Waals surface area (Å²) in [6.45, 7) is 6.31. The Morgan fingerprint density at radius 1 is 0.939 bits per heavy atom. The highest BCUT2D eigenvalue weighted by Gasteiger charge is 2.31. The van der Waals surface area contributed by atoms with E-state index >= 15 is 0 Å². The van der Waals surface area contributed by atoms with Crippen molar-refractivity contribution in [3.8, 4) is 16.9 Å². The number of anilines is 4. The first-order chi connectivity index (χ1) is 23.2. The van der Waals surface area contributed by atoms with Crippen molar-refractivity contribution in [1.82, 2.24) is 14.9 Å². The average Bonchev–Trinajstić information content (AvgIpc) is 3.04. The standard InChI is InChI=1S/C37H37F3N6O3/c1-21(2)29-16-24(30-17-27(11-10-22(30)3)43-35(48)23-8-7-9-26(15-23)37(38,39)40)14-25-19-41-36(45-34(25)29)44-31-18-28(12-13-32(31)49-6)42-33(47)20-46(4)5/h7-19,21H,20H2,1-6H3,(H,42,47)(H,43,48)(H,41,44,45). The highest BCUT2D eigenvalue weighted by Crippen LogP contribution is 2.36. The molecule has 0 saturated heterocycles. The van der Waals surface area contributed by atoms with E-state index in [2.05, 4.69) is 34.8 Å². The van der Waals surface area contributed by atoms with E-state index in [1.807, 2.05) is 39.2 Å². The molecule has 0 spiro atoms. The van der Waals surface area contributed by atoms with Crippen LogP contribution in [0.2, 0.25) is 0 Å². The summed E-state index contributed by atoms with van der Waals surface area (Å²) in [6, 6.07) is 19.0. The highest BCUT2D eigenvalue weighted by molar-refractivity contribution is 6.05. The van der Waals surface area contributed by atoms with Gasteiger partial charge in [-0.15, -0.1) is 0 Å². The molecule has 4 aromatic carbocycles. The molecule has 1 heterocycles. The minimum absolute atomic E-state index is 0.0825. The van der Waals surface area contributed by atoms with E-state index in [-0.39, 0.29) is 23.9 Å². The summed E-state index contributed by atoms with van der Waals surface area (Å²) in [5.41, 5.74) is 4.99. The largest absolute Gasteiger partial charge is 0.495 e. The molecule has 3 N–H and O–H groups in total. The first kappa shape index (κ1) is 34.8. The number of alkyl halides is 3. The van der Waals surface area contributed by atoms with Gasteiger partial charge in [-0.1, -0.05) is 26.0 Å². The Balaban J connectivity index is 1.45. The molecule has 49 heavy (non-hydrogen) atoms. The van der Waals surface area contributed by atoms with Crippen molar-refractivity contribution >= 4 is 45.7 Å². The van der Waals surface area contributed by atoms with Crippen LogP contribution in [0.5, 0.6) is 5.75 Å². The normalized spacial score (nSPS) is 11.6. The van der Waals surface area contributed by atoms with Crippen LogP contribution in [-0.2, 0) is 11.0 Å². The number of nitrogens with zero attached hydrogens (tertiary/aromatic N) is 3. The van der Waals surface area contributed by atoms with E-state index in [9.17, 15) is 22.8 Å². The number of carbonyl (C=O) groups is 2. The zero-order chi connectivity index (χ0) is 35.5. The zero-order valence-corrected chi connectivity index (χ0v) is 28.0. The lowest BCUT2D eigenvalue weighted by atomic mass is 9.92. The molecule has 0 radical (unpaired) electrons. The van der Waals surface area contributed by atoms with E-state index in [0.717, 1.165) is 45.3 Å². The van der Waals surface area contributed by atoms with Crippen molar-refractivity contribution in [2.75, 3.05) is 43.7 Å². The number of likely N-dealkylation sites (N-methyl/N-ethyl adjacent to an activating group) is 1. The van der Waals surface area contributed by atoms with Crippen LogP contribution in [0.1, 0.15) is 46.8 Å². The second kappa shape index (κ2) is 14.3. The summed E-state index contributed by atoms with van der Waals surface area (Å²) in [4.78, 5) is 36.5. The number of methoxy groups -OCH3 is 1. The number of carbonyl (C=O) groups excluding carboxylic acids is 2. The van der Waals surface area contributed by atoms with Gasteiger partial charge in [-0.2, -0.15) is 13.2 Å². The Hall–Kier alpha value is -5.49. The maximum Gasteiger partial charge on any atom is 0.416 e. The molecule has 12 heteroatoms. The van der Waals surface area contributed by atoms with E-state index in [0.29, 0.717) is 28.8 Å². The van der Waals surface area contributed by atoms with Crippen molar-refractivity contribution in [1.29, 1.82) is 0 Å². The molecule has 0 fully saturated rings. The van der Waals surface area contributed by atoms with Crippen LogP contribution in [0.15, 0.2) is 79.0 Å². The Labute approximate surface area is 282 Å². The summed E-state index contributed by atoms with van der Waals surface area (Å²) < 4.78 is 45.2. The van der Waals surface area contributed by atoms with Crippen LogP contribution in [-0.4, -0.2) is 54.4 Å². The van der Waals surface area contributed by atoms with Gasteiger partial charge in [-0.05, 0) is 110 Å². The van der Waals surface area contributed by atoms with Crippen LogP contribution < -0.4 is 20.7 Å². The number of halogens is 3. The number of hydrogen-bond donors (Lipinski definition) is 3. The maximum atomic E-state index is 13.2. The van der Waals surface area contributed by atoms with Gasteiger partial charge in [0.05, 0.1) is 30.4 Å². The molecule has 0 atom stereocenters. The maximum absolute atomic E-state index is 13.2. The molecule has 9 nitrogen and oxygen atoms in total. The van der Waals surface area contributed by atoms with Crippen molar-refractivity contribution in [2.24, 2.45) is 0 Å². The lowest BCUT2D eigenvalue weighted by Gasteiger charge is -2.17. The molecule has 254 valence electrons. The van der Waals surface area contributed by atoms with Crippen molar-refractivity contribution in [3.63, 3.8) is 0 Å². The molecular weight excluding hydrogens is 633 g/mol. The third-order valence-electron chi connectivity index (χ3n) is 7.78. The van der Waals surface area contributed by atoms with Gasteiger partial charge in [0.2, 0.25) is 11.9 Å². The first-order valence-electron chi connectivity index (χ1n) is 15.5. The fourth-order valence-electron chi connectivity index (χ4n) is 5.37. The van der Waals surface area contributed by atoms with Gasteiger partial charge in [-0.3, -0.25) is 9.59 Å². The predicted octanol–water partition coefficient (Wildman–Crippen LogP) is 8.25. The van der Waals surface area contributed by atoms with E-state index < -0.39 is 17.6 Å². The van der Waals surface area contributed by atoms with E-state index in [1.165, 1.54) is 12.1 Å². The van der Waals surface area contributed by atoms with Crippen molar-refractivity contribution in [3.05, 3.63) is 101 Å². The monoisotopic (exact) mass is 670 g/mol. The number of hydrogen-bond acceptors (Lipinski definition) is 7. The van der Waals surface area contributed by atoms with Crippen molar-refractivity contribution < 1.29 is 27.5 Å². The Kier molecular flexibility index (Phi) is 10.2. The quantitative estimate of drug-likeness (QED) is 0.137. The minimum Gasteiger partial charge on any atom is -0.495 e. The van der Waals surface area contributed by atoms with Gasteiger partial charge >= 0.3 is 6.18 Å². The van der Waals surface area contributed by atoms with Crippen LogP contribution in [0.25, 0.3) is 22.0 Å². The Morgan fingerprint density at radius 2 is 1.67 bits per heavy atom. The van der Waals surface area contributed by atoms with Gasteiger partial charge in [0.15, 0.2) is 0 Å². The third-order valence-corrected chi connectivity index (χ3v) is 7.78. The number of fused-ring (bicyclic) bond motifs is 1. The summed E-state index contributed by atoms with van der Waals surface area (Å²) in [6.07, 6.45) is -2.83. The van der Waals surface area contributed by atoms with E-state index in [1.54, 1.807) is 48.5 Å². The molecular formula is C37H37F3N6O3. The first-order valence-corrected chi connectivity index (χ1v) is 15.5. The molecule has 0 bridgehead atoms. The zero-order valence-electron chi connectivity index (χ0n) is 28.0. The smallest absolute Gasteiger partial charge is 0.416 e. The van der Waals surface area contributed by atoms with Gasteiger partial charge < -0.3 is 25.6 Å². The Morgan fingerprint density at radius 3 is 2.37 bits per heavy atom. The lowest BCUT2D eigenvalue weighted by molar-refractivity contribution is -0.137. The lowest BCUT2D eigenvalue weighted by Crippen LogP contribution is -2.27. The second-order valence-corrected chi connectivity index (χ2v) is 12.2. The number of rotatable bonds is 10. The van der Waals surface area contributed by atoms with Gasteiger partial charge in [-0.25, -0.2) is 9.97 Å². The average molecular weight is 671 g/mol. The number of ether oxygens (including phenoxy) is 1. The molecule has 0 saturated carbocycles. The summed E-state index contributed by atoms with van der Waals surface area (Å²) >= 11 is 0. The molecule has 5 rings (SSSR count). The van der Waals surface area contributed by atoms with Crippen LogP contribution in [0.4, 0.5) is 36.2 Å². The van der Waals surface area contributed by atoms with Crippen LogP contribution >= 0.6 is 0 Å². The van der Waals surface area contributed by atoms with Gasteiger partial charge in [0.1, 0.15) is 5.75 Å². The van der Waals surface area contributed by atoms with E-state index in [4.69, 9.17) is 9.72 Å². The molecule has 0 aliphatic rings. The van der Waals surface area contributed by atoms with Gasteiger partial charge in [0.25, 0.3) is 5.91 Å². The van der Waals surface area contributed by atoms with Gasteiger partial charge in [0, 0.05) is 28.5 Å². The molecule has 0 aliphatic heterocycles. The fourth-order valence-corrected chi connectivity index (χ4v) is 5.37. The summed E-state index contributed by atoms with van der Waals surface area (Å²) in [5, 5.41) is 9.64. The highest BCUT2D eigenvalue weighted by atomic mass is 19.4. The topological polar surface area (TPSA) is 108 Å². The summed E-state index contributed by atoms with van der Waals surface area (Å²) in [5.74, 6) is 0.171. The number of amides is 2. The molecule has 2 amide bonds. The second-order valence-electron chi connectivity index (χ2n) is 12.2. The molecule has 0 unspecified atom stereocenters. The molecule has 5 aromatic rings. The fraction of sp³-hybridized carbons (Fsp3) is 0.243. The molecule has 0 aliphatic carbocycles. The minimum atomic E-state index is -4.55. The van der Waals surface area contributed by atoms with Crippen molar-refractivity contribution in [2.45, 2.75) is 32.9 Å². The Bertz CT molecular complexity index is 2030. The van der Waals surface area contributed by atoms with Crippen LogP contribution in [0.3, 0.4) is 0 Å². The third kappa shape index (κ3) is 8.33. The van der Waals surface area contributed by atoms with Crippen LogP contribution in [0, 0.1) is 6.92 Å². The number of aryl methyl sites for hydroxylation is 1. The number of benzene rings is 4. The number of nitrogens with one attached hydrogen (secondary N) is 3. The molecule has 1 aromatic heterocycles. The summed E-state index contributed by atoms with van der Waals surface area (Å²) in [7, 11) is 5.19. The predicted molar refractivity (Wildman–Crippen MR) is 187 cm³/mol. The SMILES string of the molecule is COc1ccc(NC(=O)CN(C)C)cc1Nc1ncc2cc(-c3cc(NC(=O)c4cccc(C(F)(F)F)c4)ccc3C)cc(C(C)C)c2n1.